The highest BCUT2D eigenvalue weighted by Gasteiger charge is 2.14. The van der Waals surface area contributed by atoms with Crippen molar-refractivity contribution >= 4 is 56.5 Å². The van der Waals surface area contributed by atoms with Crippen LogP contribution in [-0.2, 0) is 16.0 Å². The molecule has 2 N–H and O–H groups in total. The number of halogens is 1. The molecule has 9 heteroatoms. The summed E-state index contributed by atoms with van der Waals surface area (Å²) in [7, 11) is 1.38. The van der Waals surface area contributed by atoms with Gasteiger partial charge in [-0.25, -0.2) is 14.8 Å². The van der Waals surface area contributed by atoms with Gasteiger partial charge in [-0.15, -0.1) is 11.3 Å². The average molecular weight is 529 g/mol. The molecule has 0 aliphatic heterocycles. The van der Waals surface area contributed by atoms with Gasteiger partial charge in [0.1, 0.15) is 6.33 Å². The lowest BCUT2D eigenvalue weighted by molar-refractivity contribution is -0.139. The number of nitrogens with one attached hydrogen (secondary N) is 2. The molecule has 2 aromatic heterocycles. The van der Waals surface area contributed by atoms with Crippen molar-refractivity contribution in [3.63, 3.8) is 0 Å². The summed E-state index contributed by atoms with van der Waals surface area (Å²) >= 11 is 7.55. The van der Waals surface area contributed by atoms with Gasteiger partial charge in [-0.2, -0.15) is 0 Å². The Morgan fingerprint density at radius 2 is 1.65 bits per heavy atom. The molecule has 0 saturated heterocycles. The Kier molecular flexibility index (Phi) is 7.11. The number of esters is 1. The van der Waals surface area contributed by atoms with Crippen molar-refractivity contribution < 1.29 is 14.3 Å². The zero-order chi connectivity index (χ0) is 25.8. The number of thiophene rings is 1. The van der Waals surface area contributed by atoms with Gasteiger partial charge >= 0.3 is 12.0 Å². The third-order valence-electron chi connectivity index (χ3n) is 5.69. The van der Waals surface area contributed by atoms with E-state index >= 15 is 0 Å². The summed E-state index contributed by atoms with van der Waals surface area (Å²) in [4.78, 5) is 32.9. The summed E-state index contributed by atoms with van der Waals surface area (Å²) < 4.78 is 5.71. The lowest BCUT2D eigenvalue weighted by Gasteiger charge is -2.09. The Bertz CT molecular complexity index is 1580. The van der Waals surface area contributed by atoms with Crippen molar-refractivity contribution in [2.75, 3.05) is 17.7 Å². The van der Waals surface area contributed by atoms with Crippen LogP contribution in [0, 0.1) is 0 Å². The first-order valence-electron chi connectivity index (χ1n) is 11.3. The van der Waals surface area contributed by atoms with Crippen LogP contribution in [-0.4, -0.2) is 29.1 Å². The third kappa shape index (κ3) is 5.61. The van der Waals surface area contributed by atoms with Gasteiger partial charge in [-0.05, 0) is 41.5 Å². The van der Waals surface area contributed by atoms with Crippen molar-refractivity contribution in [1.82, 2.24) is 9.97 Å². The summed E-state index contributed by atoms with van der Waals surface area (Å²) in [6, 6.07) is 21.9. The molecule has 5 aromatic rings. The Hall–Kier alpha value is -4.27. The smallest absolute Gasteiger partial charge is 0.323 e. The maximum Gasteiger partial charge on any atom is 0.323 e. The van der Waals surface area contributed by atoms with E-state index in [0.717, 1.165) is 38.2 Å². The topological polar surface area (TPSA) is 93.2 Å². The highest BCUT2D eigenvalue weighted by atomic mass is 35.5. The Morgan fingerprint density at radius 1 is 0.919 bits per heavy atom. The van der Waals surface area contributed by atoms with Crippen molar-refractivity contribution in [2.24, 2.45) is 0 Å². The summed E-state index contributed by atoms with van der Waals surface area (Å²) in [6.45, 7) is 0. The minimum Gasteiger partial charge on any atom is -0.469 e. The zero-order valence-corrected chi connectivity index (χ0v) is 21.3. The van der Waals surface area contributed by atoms with Gasteiger partial charge in [0.25, 0.3) is 0 Å². The van der Waals surface area contributed by atoms with Gasteiger partial charge in [-0.1, -0.05) is 54.1 Å². The number of nitrogens with zero attached hydrogens (tertiary/aromatic N) is 2. The molecule has 0 fully saturated rings. The van der Waals surface area contributed by atoms with E-state index in [4.69, 9.17) is 16.3 Å². The van der Waals surface area contributed by atoms with E-state index in [1.807, 2.05) is 48.5 Å². The molecular formula is C28H21ClN4O3S. The van der Waals surface area contributed by atoms with Crippen LogP contribution in [0.1, 0.15) is 5.56 Å². The molecule has 0 saturated carbocycles. The van der Waals surface area contributed by atoms with Crippen LogP contribution in [0.3, 0.4) is 0 Å². The molecule has 2 amide bonds. The average Bonchev–Trinajstić information content (AvgIpc) is 3.34. The van der Waals surface area contributed by atoms with Crippen LogP contribution in [0.4, 0.5) is 16.2 Å². The van der Waals surface area contributed by atoms with Gasteiger partial charge in [0.2, 0.25) is 0 Å². The number of benzene rings is 3. The second-order valence-corrected chi connectivity index (χ2v) is 9.48. The summed E-state index contributed by atoms with van der Waals surface area (Å²) in [5.41, 5.74) is 6.75. The van der Waals surface area contributed by atoms with Crippen molar-refractivity contribution in [3.8, 4) is 22.4 Å². The maximum absolute atomic E-state index is 12.3. The molecule has 2 heterocycles. The third-order valence-corrected chi connectivity index (χ3v) is 6.90. The van der Waals surface area contributed by atoms with E-state index in [1.54, 1.807) is 41.9 Å². The Balaban J connectivity index is 1.34. The molecule has 184 valence electrons. The fourth-order valence-corrected chi connectivity index (χ4v) is 5.10. The quantitative estimate of drug-likeness (QED) is 0.231. The molecule has 7 nitrogen and oxygen atoms in total. The highest BCUT2D eigenvalue weighted by Crippen LogP contribution is 2.37. The molecular weight excluding hydrogens is 508 g/mol. The van der Waals surface area contributed by atoms with Crippen LogP contribution in [0.15, 0.2) is 84.5 Å². The van der Waals surface area contributed by atoms with Gasteiger partial charge in [0, 0.05) is 32.9 Å². The molecule has 3 aromatic carbocycles. The first kappa shape index (κ1) is 24.4. The predicted molar refractivity (Wildman–Crippen MR) is 148 cm³/mol. The van der Waals surface area contributed by atoms with Crippen molar-refractivity contribution in [2.45, 2.75) is 6.42 Å². The molecule has 5 rings (SSSR count). The van der Waals surface area contributed by atoms with Crippen LogP contribution in [0.5, 0.6) is 0 Å². The summed E-state index contributed by atoms with van der Waals surface area (Å²) in [5.74, 6) is -0.269. The van der Waals surface area contributed by atoms with Gasteiger partial charge in [-0.3, -0.25) is 4.79 Å². The van der Waals surface area contributed by atoms with Crippen molar-refractivity contribution in [3.05, 3.63) is 95.1 Å². The van der Waals surface area contributed by atoms with Crippen LogP contribution < -0.4 is 10.6 Å². The van der Waals surface area contributed by atoms with E-state index in [1.165, 1.54) is 7.11 Å². The SMILES string of the molecule is COC(=O)Cc1ccc(-c2csc3c(-c4ccc(NC(=O)Nc5cccc(Cl)c5)cc4)ncnc23)cc1. The molecule has 0 unspecified atom stereocenters. The Morgan fingerprint density at radius 3 is 2.38 bits per heavy atom. The number of methoxy groups -OCH3 is 1. The number of urea groups is 1. The molecule has 37 heavy (non-hydrogen) atoms. The number of ether oxygens (including phenoxy) is 1. The number of fused-ring (bicyclic) bond motifs is 1. The van der Waals surface area contributed by atoms with E-state index in [2.05, 4.69) is 26.0 Å². The minimum atomic E-state index is -0.361. The van der Waals surface area contributed by atoms with E-state index in [0.29, 0.717) is 16.4 Å². The number of aromatic nitrogens is 2. The number of rotatable bonds is 6. The number of amides is 2. The van der Waals surface area contributed by atoms with Crippen LogP contribution in [0.2, 0.25) is 5.02 Å². The monoisotopic (exact) mass is 528 g/mol. The molecule has 0 radical (unpaired) electrons. The number of carbonyl (C=O) groups is 2. The highest BCUT2D eigenvalue weighted by molar-refractivity contribution is 7.18. The van der Waals surface area contributed by atoms with Gasteiger partial charge in [0.05, 0.1) is 29.4 Å². The minimum absolute atomic E-state index is 0.237. The largest absolute Gasteiger partial charge is 0.469 e. The summed E-state index contributed by atoms with van der Waals surface area (Å²) in [6.07, 6.45) is 1.80. The second-order valence-electron chi connectivity index (χ2n) is 8.17. The second kappa shape index (κ2) is 10.8. The number of hydrogen-bond acceptors (Lipinski definition) is 6. The van der Waals surface area contributed by atoms with E-state index in [-0.39, 0.29) is 18.4 Å². The van der Waals surface area contributed by atoms with E-state index < -0.39 is 0 Å². The van der Waals surface area contributed by atoms with E-state index in [9.17, 15) is 9.59 Å². The van der Waals surface area contributed by atoms with Gasteiger partial charge in [0.15, 0.2) is 0 Å². The lowest BCUT2D eigenvalue weighted by Crippen LogP contribution is -2.19. The molecule has 0 atom stereocenters. The van der Waals surface area contributed by atoms with Crippen LogP contribution >= 0.6 is 22.9 Å². The first-order chi connectivity index (χ1) is 18.0. The fourth-order valence-electron chi connectivity index (χ4n) is 3.87. The van der Waals surface area contributed by atoms with Crippen molar-refractivity contribution in [1.29, 1.82) is 0 Å². The fraction of sp³-hybridized carbons (Fsp3) is 0.0714. The molecule has 0 aliphatic rings. The zero-order valence-electron chi connectivity index (χ0n) is 19.7. The first-order valence-corrected chi connectivity index (χ1v) is 12.6. The number of hydrogen-bond donors (Lipinski definition) is 2. The normalized spacial score (nSPS) is 10.8. The standard InChI is InChI=1S/C28H21ClN4O3S/c1-36-24(34)13-17-5-7-18(8-6-17)23-15-37-27-25(30-16-31-26(23)27)19-9-11-21(12-10-19)32-28(35)33-22-4-2-3-20(29)14-22/h2-12,14-16H,13H2,1H3,(H2,32,33,35). The van der Waals surface area contributed by atoms with Gasteiger partial charge < -0.3 is 15.4 Å². The van der Waals surface area contributed by atoms with Crippen LogP contribution in [0.25, 0.3) is 32.6 Å². The molecule has 0 bridgehead atoms. The lowest BCUT2D eigenvalue weighted by atomic mass is 10.0. The number of carbonyl (C=O) groups excluding carboxylic acids is 2. The molecule has 0 spiro atoms. The number of anilines is 2. The summed E-state index contributed by atoms with van der Waals surface area (Å²) in [5, 5.41) is 8.19. The maximum atomic E-state index is 12.3. The predicted octanol–water partition coefficient (Wildman–Crippen LogP) is 7.04. The Labute approximate surface area is 222 Å². The molecule has 0 aliphatic carbocycles.